The number of nitro benzene ring substituents is 1. The van der Waals surface area contributed by atoms with E-state index < -0.39 is 4.92 Å². The van der Waals surface area contributed by atoms with Crippen molar-refractivity contribution in [1.82, 2.24) is 10.3 Å². The minimum absolute atomic E-state index is 0.0728. The number of amides is 1. The number of fused-ring (bicyclic) bond motifs is 1. The lowest BCUT2D eigenvalue weighted by Crippen LogP contribution is -2.31. The summed E-state index contributed by atoms with van der Waals surface area (Å²) in [5.74, 6) is -0.439. The maximum Gasteiger partial charge on any atom is 0.338 e. The molecule has 202 valence electrons. The Kier molecular flexibility index (Phi) is 8.77. The molecule has 4 aromatic rings. The number of aromatic nitrogens is 3. The number of pyridine rings is 1. The van der Waals surface area contributed by atoms with Crippen molar-refractivity contribution in [2.75, 3.05) is 23.8 Å². The van der Waals surface area contributed by atoms with Crippen LogP contribution in [0.3, 0.4) is 0 Å². The van der Waals surface area contributed by atoms with Crippen LogP contribution in [0.1, 0.15) is 43.0 Å². The minimum atomic E-state index is -0.526. The average Bonchev–Trinajstić information content (AvgIpc) is 3.42. The Balaban J connectivity index is 1.22. The maximum absolute atomic E-state index is 12.4. The van der Waals surface area contributed by atoms with Gasteiger partial charge in [-0.2, -0.15) is 0 Å². The predicted octanol–water partition coefficient (Wildman–Crippen LogP) is 4.41. The molecule has 39 heavy (non-hydrogen) atoms. The van der Waals surface area contributed by atoms with Gasteiger partial charge in [0.15, 0.2) is 11.7 Å². The fourth-order valence-corrected chi connectivity index (χ4v) is 4.10. The highest BCUT2D eigenvalue weighted by Gasteiger charge is 2.19. The summed E-state index contributed by atoms with van der Waals surface area (Å²) in [6, 6.07) is 13.9. The molecule has 1 amide bonds. The molecule has 0 aliphatic heterocycles. The van der Waals surface area contributed by atoms with Crippen LogP contribution < -0.4 is 15.2 Å². The molecule has 0 aliphatic rings. The number of non-ortho nitro benzene ring substituents is 1. The molecule has 2 heterocycles. The zero-order chi connectivity index (χ0) is 27.8. The van der Waals surface area contributed by atoms with Crippen molar-refractivity contribution in [2.45, 2.75) is 32.6 Å². The normalized spacial score (nSPS) is 10.8. The van der Waals surface area contributed by atoms with Crippen LogP contribution in [-0.2, 0) is 16.6 Å². The number of esters is 1. The first-order chi connectivity index (χ1) is 18.9. The molecule has 0 atom stereocenters. The number of carbonyl (C=O) groups is 2. The van der Waals surface area contributed by atoms with E-state index in [2.05, 4.69) is 25.6 Å². The number of carbonyl (C=O) groups excluding carboxylic acids is 2. The van der Waals surface area contributed by atoms with Crippen molar-refractivity contribution in [3.05, 3.63) is 70.4 Å². The number of ether oxygens (including phenoxy) is 1. The first-order valence-electron chi connectivity index (χ1n) is 12.6. The van der Waals surface area contributed by atoms with Gasteiger partial charge in [-0.05, 0) is 60.4 Å². The Morgan fingerprint density at radius 1 is 1.05 bits per heavy atom. The molecule has 0 aliphatic carbocycles. The molecule has 0 spiro atoms. The molecule has 4 rings (SSSR count). The molecule has 0 radical (unpaired) electrons. The van der Waals surface area contributed by atoms with E-state index >= 15 is 0 Å². The Hall–Kier alpha value is -4.87. The first-order valence-corrected chi connectivity index (χ1v) is 12.6. The van der Waals surface area contributed by atoms with E-state index in [1.807, 2.05) is 42.1 Å². The van der Waals surface area contributed by atoms with Crippen molar-refractivity contribution >= 4 is 40.0 Å². The van der Waals surface area contributed by atoms with Gasteiger partial charge >= 0.3 is 11.7 Å². The fraction of sp³-hybridized carbons (Fsp3) is 0.296. The number of anilines is 2. The highest BCUT2D eigenvalue weighted by molar-refractivity contribution is 5.93. The SMILES string of the molecule is CCOC(=O)c1cc[n+](C)c(-c2ccc(NC(=O)CCCCCNc3ccc([N+](=O)[O-])c4nonc34)cc2)c1. The molecule has 12 nitrogen and oxygen atoms in total. The van der Waals surface area contributed by atoms with Crippen molar-refractivity contribution < 1.29 is 28.4 Å². The maximum atomic E-state index is 12.4. The summed E-state index contributed by atoms with van der Waals surface area (Å²) in [7, 11) is 1.90. The monoisotopic (exact) mass is 533 g/mol. The second-order valence-corrected chi connectivity index (χ2v) is 8.85. The van der Waals surface area contributed by atoms with Gasteiger partial charge in [0.1, 0.15) is 7.05 Å². The molecule has 2 N–H and O–H groups in total. The number of nitro groups is 1. The summed E-state index contributed by atoms with van der Waals surface area (Å²) in [4.78, 5) is 35.0. The highest BCUT2D eigenvalue weighted by atomic mass is 16.6. The number of aryl methyl sites for hydroxylation is 1. The minimum Gasteiger partial charge on any atom is -0.462 e. The molecule has 2 aromatic heterocycles. The molecular formula is C27H29N6O6+. The van der Waals surface area contributed by atoms with Gasteiger partial charge < -0.3 is 15.4 Å². The van der Waals surface area contributed by atoms with E-state index in [1.165, 1.54) is 6.07 Å². The second kappa shape index (κ2) is 12.6. The quantitative estimate of drug-likeness (QED) is 0.0886. The van der Waals surface area contributed by atoms with E-state index in [-0.39, 0.29) is 23.1 Å². The zero-order valence-corrected chi connectivity index (χ0v) is 21.7. The largest absolute Gasteiger partial charge is 0.462 e. The van der Waals surface area contributed by atoms with Crippen LogP contribution >= 0.6 is 0 Å². The van der Waals surface area contributed by atoms with Crippen molar-refractivity contribution in [2.24, 2.45) is 7.05 Å². The van der Waals surface area contributed by atoms with Gasteiger partial charge in [-0.15, -0.1) is 0 Å². The van der Waals surface area contributed by atoms with Gasteiger partial charge in [-0.25, -0.2) is 14.0 Å². The van der Waals surface area contributed by atoms with Gasteiger partial charge in [0, 0.05) is 42.4 Å². The van der Waals surface area contributed by atoms with Crippen LogP contribution in [0.4, 0.5) is 17.1 Å². The molecule has 0 unspecified atom stereocenters. The molecule has 0 saturated carbocycles. The van der Waals surface area contributed by atoms with Gasteiger partial charge in [-0.3, -0.25) is 14.9 Å². The van der Waals surface area contributed by atoms with E-state index in [0.29, 0.717) is 48.4 Å². The molecule has 0 bridgehead atoms. The Morgan fingerprint density at radius 3 is 2.56 bits per heavy atom. The van der Waals surface area contributed by atoms with Crippen LogP contribution in [0, 0.1) is 10.1 Å². The third-order valence-electron chi connectivity index (χ3n) is 6.11. The van der Waals surface area contributed by atoms with Gasteiger partial charge in [-0.1, -0.05) is 6.42 Å². The van der Waals surface area contributed by atoms with Crippen LogP contribution in [0.15, 0.2) is 59.4 Å². The third-order valence-corrected chi connectivity index (χ3v) is 6.11. The van der Waals surface area contributed by atoms with E-state index in [4.69, 9.17) is 4.74 Å². The lowest BCUT2D eigenvalue weighted by Gasteiger charge is -2.08. The number of rotatable bonds is 12. The Labute approximate surface area is 224 Å². The van der Waals surface area contributed by atoms with Gasteiger partial charge in [0.05, 0.1) is 22.8 Å². The third kappa shape index (κ3) is 6.72. The Bertz CT molecular complexity index is 1480. The lowest BCUT2D eigenvalue weighted by atomic mass is 10.1. The van der Waals surface area contributed by atoms with Crippen molar-refractivity contribution in [3.8, 4) is 11.3 Å². The number of hydrogen-bond acceptors (Lipinski definition) is 9. The van der Waals surface area contributed by atoms with Gasteiger partial charge in [0.2, 0.25) is 17.1 Å². The predicted molar refractivity (Wildman–Crippen MR) is 143 cm³/mol. The molecule has 12 heteroatoms. The smallest absolute Gasteiger partial charge is 0.338 e. The summed E-state index contributed by atoms with van der Waals surface area (Å²) in [5, 5.41) is 24.6. The molecule has 0 saturated heterocycles. The molecule has 2 aromatic carbocycles. The molecule has 0 fully saturated rings. The number of nitrogens with one attached hydrogen (secondary N) is 2. The van der Waals surface area contributed by atoms with Crippen LogP contribution in [0.25, 0.3) is 22.3 Å². The van der Waals surface area contributed by atoms with E-state index in [0.717, 1.165) is 24.1 Å². The van der Waals surface area contributed by atoms with E-state index in [1.54, 1.807) is 25.1 Å². The van der Waals surface area contributed by atoms with Crippen LogP contribution in [-0.4, -0.2) is 40.3 Å². The number of benzene rings is 2. The summed E-state index contributed by atoms with van der Waals surface area (Å²) >= 11 is 0. The van der Waals surface area contributed by atoms with Crippen molar-refractivity contribution in [1.29, 1.82) is 0 Å². The standard InChI is InChI=1S/C27H28N6O6/c1-3-38-27(35)19-14-16-32(2)23(17-19)18-8-10-20(11-9-18)29-24(34)7-5-4-6-15-28-21-12-13-22(33(36)37)26-25(21)30-39-31-26/h8-14,16-17H,3-7,15H2,1-2H3,(H,28,31)/p+1. The van der Waals surface area contributed by atoms with Crippen molar-refractivity contribution in [3.63, 3.8) is 0 Å². The topological polar surface area (TPSA) is 153 Å². The fourth-order valence-electron chi connectivity index (χ4n) is 4.10. The lowest BCUT2D eigenvalue weighted by molar-refractivity contribution is -0.660. The summed E-state index contributed by atoms with van der Waals surface area (Å²) < 4.78 is 11.7. The first kappa shape index (κ1) is 27.2. The number of nitrogens with zero attached hydrogens (tertiary/aromatic N) is 4. The number of unbranched alkanes of at least 4 members (excludes halogenated alkanes) is 2. The number of hydrogen-bond donors (Lipinski definition) is 2. The zero-order valence-electron chi connectivity index (χ0n) is 21.7. The van der Waals surface area contributed by atoms with Crippen LogP contribution in [0.5, 0.6) is 0 Å². The molecular weight excluding hydrogens is 504 g/mol. The second-order valence-electron chi connectivity index (χ2n) is 8.85. The highest BCUT2D eigenvalue weighted by Crippen LogP contribution is 2.28. The summed E-state index contributed by atoms with van der Waals surface area (Å²) in [5.41, 5.74) is 3.80. The average molecular weight is 534 g/mol. The van der Waals surface area contributed by atoms with Crippen LogP contribution in [0.2, 0.25) is 0 Å². The van der Waals surface area contributed by atoms with E-state index in [9.17, 15) is 19.7 Å². The van der Waals surface area contributed by atoms with Gasteiger partial charge in [0.25, 0.3) is 0 Å². The Morgan fingerprint density at radius 2 is 1.82 bits per heavy atom. The summed E-state index contributed by atoms with van der Waals surface area (Å²) in [6.07, 6.45) is 4.52. The summed E-state index contributed by atoms with van der Waals surface area (Å²) in [6.45, 7) is 2.69.